The molecular weight excluding hydrogens is 462 g/mol. The van der Waals surface area contributed by atoms with Gasteiger partial charge >= 0.3 is 0 Å². The molecule has 34 heavy (non-hydrogen) atoms. The van der Waals surface area contributed by atoms with Crippen molar-refractivity contribution in [3.63, 3.8) is 0 Å². The first-order valence-corrected chi connectivity index (χ1v) is 13.0. The second-order valence-electron chi connectivity index (χ2n) is 9.08. The van der Waals surface area contributed by atoms with Gasteiger partial charge < -0.3 is 4.90 Å². The lowest BCUT2D eigenvalue weighted by molar-refractivity contribution is -0.138. The van der Waals surface area contributed by atoms with Crippen LogP contribution in [0.1, 0.15) is 41.6 Å². The monoisotopic (exact) mass is 490 g/mol. The number of nitrogens with zero attached hydrogens (tertiary/aromatic N) is 2. The van der Waals surface area contributed by atoms with Crippen molar-refractivity contribution in [3.8, 4) is 0 Å². The Bertz CT molecular complexity index is 1170. The lowest BCUT2D eigenvalue weighted by Gasteiger charge is -2.36. The van der Waals surface area contributed by atoms with Crippen LogP contribution in [0.25, 0.3) is 0 Å². The largest absolute Gasteiger partial charge is 0.342 e. The number of Topliss-reactive ketones (excluding diaryl/α,β-unsaturated/α-hetero) is 1. The molecule has 0 unspecified atom stereocenters. The van der Waals surface area contributed by atoms with Crippen molar-refractivity contribution in [2.45, 2.75) is 37.5 Å². The molecule has 0 N–H and O–H groups in total. The first-order valence-electron chi connectivity index (χ1n) is 11.5. The number of rotatable bonds is 5. The third-order valence-electron chi connectivity index (χ3n) is 6.83. The Morgan fingerprint density at radius 3 is 2.06 bits per heavy atom. The van der Waals surface area contributed by atoms with Crippen molar-refractivity contribution in [1.82, 2.24) is 9.21 Å². The van der Waals surface area contributed by atoms with E-state index in [1.807, 2.05) is 6.92 Å². The van der Waals surface area contributed by atoms with E-state index < -0.39 is 33.4 Å². The number of benzene rings is 2. The van der Waals surface area contributed by atoms with Gasteiger partial charge in [0.05, 0.1) is 10.5 Å². The molecule has 0 aliphatic carbocycles. The summed E-state index contributed by atoms with van der Waals surface area (Å²) in [5.41, 5.74) is 0.738. The number of ketones is 1. The van der Waals surface area contributed by atoms with E-state index in [1.165, 1.54) is 4.31 Å². The maximum absolute atomic E-state index is 14.0. The molecule has 2 heterocycles. The summed E-state index contributed by atoms with van der Waals surface area (Å²) in [5, 5.41) is 0. The molecule has 6 nitrogen and oxygen atoms in total. The van der Waals surface area contributed by atoms with Gasteiger partial charge in [0.25, 0.3) is 0 Å². The Balaban J connectivity index is 1.31. The molecule has 0 atom stereocenters. The lowest BCUT2D eigenvalue weighted by Crippen LogP contribution is -2.47. The highest BCUT2D eigenvalue weighted by Crippen LogP contribution is 2.28. The van der Waals surface area contributed by atoms with Crippen LogP contribution in [0, 0.1) is 30.4 Å². The summed E-state index contributed by atoms with van der Waals surface area (Å²) in [5.74, 6) is -2.58. The summed E-state index contributed by atoms with van der Waals surface area (Å²) in [4.78, 5) is 27.6. The third-order valence-corrected chi connectivity index (χ3v) is 8.75. The highest BCUT2D eigenvalue weighted by Gasteiger charge is 2.36. The predicted octanol–water partition coefficient (Wildman–Crippen LogP) is 3.80. The van der Waals surface area contributed by atoms with Crippen molar-refractivity contribution in [2.24, 2.45) is 11.8 Å². The van der Waals surface area contributed by atoms with Crippen LogP contribution in [0.5, 0.6) is 0 Å². The summed E-state index contributed by atoms with van der Waals surface area (Å²) in [6, 6.07) is 9.58. The van der Waals surface area contributed by atoms with Crippen LogP contribution < -0.4 is 0 Å². The normalized spacial score (nSPS) is 18.7. The molecule has 9 heteroatoms. The molecule has 1 amide bonds. The summed E-state index contributed by atoms with van der Waals surface area (Å²) < 4.78 is 54.6. The Hall–Kier alpha value is -2.65. The van der Waals surface area contributed by atoms with Crippen LogP contribution >= 0.6 is 0 Å². The van der Waals surface area contributed by atoms with Gasteiger partial charge in [-0.1, -0.05) is 17.7 Å². The summed E-state index contributed by atoms with van der Waals surface area (Å²) in [6.45, 7) is 3.19. The minimum absolute atomic E-state index is 0.0322. The number of likely N-dealkylation sites (tertiary alicyclic amines) is 1. The average molecular weight is 491 g/mol. The molecule has 2 aromatic rings. The molecule has 0 saturated carbocycles. The predicted molar refractivity (Wildman–Crippen MR) is 123 cm³/mol. The van der Waals surface area contributed by atoms with Crippen molar-refractivity contribution >= 4 is 21.7 Å². The number of hydrogen-bond donors (Lipinski definition) is 0. The molecule has 2 aliphatic rings. The van der Waals surface area contributed by atoms with E-state index in [4.69, 9.17) is 0 Å². The molecule has 0 bridgehead atoms. The number of piperidine rings is 2. The van der Waals surface area contributed by atoms with Gasteiger partial charge in [0.1, 0.15) is 11.6 Å². The molecule has 2 aliphatic heterocycles. The fraction of sp³-hybridized carbons (Fsp3) is 0.440. The zero-order valence-corrected chi connectivity index (χ0v) is 19.9. The molecule has 2 fully saturated rings. The molecular formula is C25H28F2N2O4S. The van der Waals surface area contributed by atoms with Gasteiger partial charge in [-0.05, 0) is 62.9 Å². The number of carbonyl (C=O) groups is 2. The van der Waals surface area contributed by atoms with Crippen LogP contribution in [0.2, 0.25) is 0 Å². The molecule has 4 rings (SSSR count). The van der Waals surface area contributed by atoms with Crippen LogP contribution in [0.15, 0.2) is 47.4 Å². The van der Waals surface area contributed by atoms with Gasteiger partial charge in [-0.15, -0.1) is 0 Å². The number of sulfonamides is 1. The standard InChI is InChI=1S/C25H28F2N2O4S/c1-17-2-5-21(6-3-17)34(32,33)29-14-10-19(11-15-29)25(31)28-12-8-18(9-13-28)24(30)22-16-20(26)4-7-23(22)27/h2-7,16,18-19H,8-15H2,1H3. The van der Waals surface area contributed by atoms with Crippen molar-refractivity contribution in [2.75, 3.05) is 26.2 Å². The SMILES string of the molecule is Cc1ccc(S(=O)(=O)N2CCC(C(=O)N3CCC(C(=O)c4cc(F)ccc4F)CC3)CC2)cc1. The first-order chi connectivity index (χ1) is 16.2. The van der Waals surface area contributed by atoms with Gasteiger partial charge in [0.15, 0.2) is 5.78 Å². The van der Waals surface area contributed by atoms with Gasteiger partial charge in [-0.25, -0.2) is 17.2 Å². The fourth-order valence-corrected chi connectivity index (χ4v) is 6.20. The van der Waals surface area contributed by atoms with E-state index in [9.17, 15) is 26.8 Å². The smallest absolute Gasteiger partial charge is 0.243 e. The van der Waals surface area contributed by atoms with Crippen LogP contribution in [-0.4, -0.2) is 55.5 Å². The topological polar surface area (TPSA) is 74.8 Å². The first kappa shape index (κ1) is 24.5. The second-order valence-corrected chi connectivity index (χ2v) is 11.0. The van der Waals surface area contributed by atoms with E-state index in [0.29, 0.717) is 38.8 Å². The zero-order chi connectivity index (χ0) is 24.5. The Kier molecular flexibility index (Phi) is 7.14. The van der Waals surface area contributed by atoms with Crippen molar-refractivity contribution in [1.29, 1.82) is 0 Å². The zero-order valence-electron chi connectivity index (χ0n) is 19.0. The number of halogens is 2. The van der Waals surface area contributed by atoms with Gasteiger partial charge in [-0.2, -0.15) is 4.31 Å². The third kappa shape index (κ3) is 5.05. The number of amides is 1. The second kappa shape index (κ2) is 9.92. The minimum atomic E-state index is -3.59. The van der Waals surface area contributed by atoms with E-state index in [-0.39, 0.29) is 35.4 Å². The van der Waals surface area contributed by atoms with E-state index >= 15 is 0 Å². The maximum atomic E-state index is 14.0. The van der Waals surface area contributed by atoms with E-state index in [1.54, 1.807) is 29.2 Å². The summed E-state index contributed by atoms with van der Waals surface area (Å²) in [7, 11) is -3.59. The quantitative estimate of drug-likeness (QED) is 0.598. The van der Waals surface area contributed by atoms with Crippen molar-refractivity contribution in [3.05, 3.63) is 65.2 Å². The number of aryl methyl sites for hydroxylation is 1. The molecule has 0 spiro atoms. The van der Waals surface area contributed by atoms with Gasteiger partial charge in [0.2, 0.25) is 15.9 Å². The van der Waals surface area contributed by atoms with E-state index in [0.717, 1.165) is 23.8 Å². The molecule has 0 radical (unpaired) electrons. The number of hydrogen-bond acceptors (Lipinski definition) is 4. The summed E-state index contributed by atoms with van der Waals surface area (Å²) in [6.07, 6.45) is 1.66. The highest BCUT2D eigenvalue weighted by atomic mass is 32.2. The Morgan fingerprint density at radius 1 is 0.853 bits per heavy atom. The minimum Gasteiger partial charge on any atom is -0.342 e. The molecule has 182 valence electrons. The molecule has 0 aromatic heterocycles. The Labute approximate surface area is 198 Å². The lowest BCUT2D eigenvalue weighted by atomic mass is 9.87. The van der Waals surface area contributed by atoms with Crippen molar-refractivity contribution < 1.29 is 26.8 Å². The van der Waals surface area contributed by atoms with E-state index in [2.05, 4.69) is 0 Å². The fourth-order valence-electron chi connectivity index (χ4n) is 4.73. The molecule has 2 aromatic carbocycles. The highest BCUT2D eigenvalue weighted by molar-refractivity contribution is 7.89. The van der Waals surface area contributed by atoms with Gasteiger partial charge in [0, 0.05) is 38.0 Å². The van der Waals surface area contributed by atoms with Crippen LogP contribution in [-0.2, 0) is 14.8 Å². The number of carbonyl (C=O) groups excluding carboxylic acids is 2. The van der Waals surface area contributed by atoms with Gasteiger partial charge in [-0.3, -0.25) is 9.59 Å². The van der Waals surface area contributed by atoms with Crippen LogP contribution in [0.3, 0.4) is 0 Å². The summed E-state index contributed by atoms with van der Waals surface area (Å²) >= 11 is 0. The maximum Gasteiger partial charge on any atom is 0.243 e. The molecule has 2 saturated heterocycles. The Morgan fingerprint density at radius 2 is 1.44 bits per heavy atom. The van der Waals surface area contributed by atoms with Crippen LogP contribution in [0.4, 0.5) is 8.78 Å². The average Bonchev–Trinajstić information content (AvgIpc) is 2.85.